The van der Waals surface area contributed by atoms with Gasteiger partial charge in [-0.3, -0.25) is 0 Å². The lowest BCUT2D eigenvalue weighted by atomic mass is 10.2. The van der Waals surface area contributed by atoms with Crippen LogP contribution in [0.1, 0.15) is 11.6 Å². The molecule has 1 unspecified atom stereocenters. The predicted molar refractivity (Wildman–Crippen MR) is 42.2 cm³/mol. The van der Waals surface area contributed by atoms with Crippen molar-refractivity contribution in [3.8, 4) is 0 Å². The zero-order chi connectivity index (χ0) is 7.40. The number of likely N-dealkylation sites (N-methyl/N-ethyl adjacent to an activating group) is 1. The first-order valence-corrected chi connectivity index (χ1v) is 3.97. The van der Waals surface area contributed by atoms with E-state index in [2.05, 4.69) is 5.32 Å². The summed E-state index contributed by atoms with van der Waals surface area (Å²) in [4.78, 5) is 10.4. The number of rotatable bonds is 3. The molecule has 1 atom stereocenters. The largest absolute Gasteiger partial charge is 0.307 e. The quantitative estimate of drug-likeness (QED) is 0.665. The van der Waals surface area contributed by atoms with Crippen molar-refractivity contribution in [2.24, 2.45) is 0 Å². The lowest BCUT2D eigenvalue weighted by Crippen LogP contribution is -2.16. The zero-order valence-corrected chi connectivity index (χ0v) is 6.52. The molecule has 0 bridgehead atoms. The Hall–Kier alpha value is -0.670. The molecule has 1 aromatic rings. The van der Waals surface area contributed by atoms with E-state index in [9.17, 15) is 4.79 Å². The van der Waals surface area contributed by atoms with E-state index in [1.54, 1.807) is 18.4 Å². The first-order chi connectivity index (χ1) is 4.88. The molecule has 0 radical (unpaired) electrons. The maximum Gasteiger partial charge on any atom is 0.141 e. The Bertz CT molecular complexity index is 195. The summed E-state index contributed by atoms with van der Waals surface area (Å²) in [6.45, 7) is 0. The SMILES string of the molecule is CNC(C=O)c1ccsc1. The summed E-state index contributed by atoms with van der Waals surface area (Å²) in [5.74, 6) is 0. The van der Waals surface area contributed by atoms with Gasteiger partial charge in [-0.15, -0.1) is 0 Å². The van der Waals surface area contributed by atoms with E-state index in [1.165, 1.54) is 0 Å². The number of thiophene rings is 1. The molecule has 0 saturated carbocycles. The van der Waals surface area contributed by atoms with Crippen LogP contribution in [-0.4, -0.2) is 13.3 Å². The third-order valence-corrected chi connectivity index (χ3v) is 2.05. The molecule has 1 heterocycles. The zero-order valence-electron chi connectivity index (χ0n) is 5.70. The summed E-state index contributed by atoms with van der Waals surface area (Å²) in [7, 11) is 1.77. The number of hydrogen-bond acceptors (Lipinski definition) is 3. The molecule has 10 heavy (non-hydrogen) atoms. The van der Waals surface area contributed by atoms with Crippen molar-refractivity contribution in [2.75, 3.05) is 7.05 Å². The highest BCUT2D eigenvalue weighted by atomic mass is 32.1. The van der Waals surface area contributed by atoms with Gasteiger partial charge in [0, 0.05) is 0 Å². The molecule has 0 saturated heterocycles. The Kier molecular flexibility index (Phi) is 2.59. The lowest BCUT2D eigenvalue weighted by molar-refractivity contribution is -0.109. The van der Waals surface area contributed by atoms with Gasteiger partial charge in [0.05, 0.1) is 6.04 Å². The van der Waals surface area contributed by atoms with Gasteiger partial charge in [-0.05, 0) is 29.4 Å². The van der Waals surface area contributed by atoms with Gasteiger partial charge in [0.25, 0.3) is 0 Å². The minimum Gasteiger partial charge on any atom is -0.307 e. The molecule has 0 aliphatic rings. The molecular formula is C7H9NOS. The fourth-order valence-corrected chi connectivity index (χ4v) is 1.46. The van der Waals surface area contributed by atoms with Crippen LogP contribution in [0.4, 0.5) is 0 Å². The average molecular weight is 155 g/mol. The topological polar surface area (TPSA) is 29.1 Å². The first kappa shape index (κ1) is 7.44. The maximum atomic E-state index is 10.4. The molecule has 1 aromatic heterocycles. The number of aldehydes is 1. The van der Waals surface area contributed by atoms with Gasteiger partial charge < -0.3 is 10.1 Å². The second kappa shape index (κ2) is 3.49. The highest BCUT2D eigenvalue weighted by Crippen LogP contribution is 2.13. The third-order valence-electron chi connectivity index (χ3n) is 1.35. The van der Waals surface area contributed by atoms with E-state index in [4.69, 9.17) is 0 Å². The predicted octanol–water partition coefficient (Wildman–Crippen LogP) is 1.21. The second-order valence-corrected chi connectivity index (χ2v) is 2.74. The van der Waals surface area contributed by atoms with Crippen LogP contribution in [0.2, 0.25) is 0 Å². The summed E-state index contributed by atoms with van der Waals surface area (Å²) in [5.41, 5.74) is 1.04. The Morgan fingerprint density at radius 3 is 3.00 bits per heavy atom. The van der Waals surface area contributed by atoms with E-state index in [0.29, 0.717) is 0 Å². The standard InChI is InChI=1S/C7H9NOS/c1-8-7(4-9)6-2-3-10-5-6/h2-5,7-8H,1H3. The van der Waals surface area contributed by atoms with Crippen LogP contribution >= 0.6 is 11.3 Å². The lowest BCUT2D eigenvalue weighted by Gasteiger charge is -2.04. The van der Waals surface area contributed by atoms with Crippen LogP contribution in [0.25, 0.3) is 0 Å². The fraction of sp³-hybridized carbons (Fsp3) is 0.286. The van der Waals surface area contributed by atoms with E-state index in [1.807, 2.05) is 16.8 Å². The van der Waals surface area contributed by atoms with Gasteiger partial charge in [0.2, 0.25) is 0 Å². The van der Waals surface area contributed by atoms with Gasteiger partial charge in [0.15, 0.2) is 0 Å². The first-order valence-electron chi connectivity index (χ1n) is 3.03. The van der Waals surface area contributed by atoms with E-state index < -0.39 is 0 Å². The van der Waals surface area contributed by atoms with Crippen LogP contribution < -0.4 is 5.32 Å². The second-order valence-electron chi connectivity index (χ2n) is 1.96. The molecule has 0 aliphatic heterocycles. The Labute approximate surface area is 63.9 Å². The van der Waals surface area contributed by atoms with E-state index in [-0.39, 0.29) is 6.04 Å². The van der Waals surface area contributed by atoms with Crippen molar-refractivity contribution in [3.63, 3.8) is 0 Å². The smallest absolute Gasteiger partial charge is 0.141 e. The number of hydrogen-bond donors (Lipinski definition) is 1. The van der Waals surface area contributed by atoms with Crippen LogP contribution in [0.3, 0.4) is 0 Å². The van der Waals surface area contributed by atoms with Crippen molar-refractivity contribution in [2.45, 2.75) is 6.04 Å². The molecular weight excluding hydrogens is 146 g/mol. The minimum atomic E-state index is -0.133. The molecule has 0 spiro atoms. The van der Waals surface area contributed by atoms with Crippen LogP contribution in [0, 0.1) is 0 Å². The van der Waals surface area contributed by atoms with Crippen molar-refractivity contribution in [1.82, 2.24) is 5.32 Å². The van der Waals surface area contributed by atoms with Crippen molar-refractivity contribution in [3.05, 3.63) is 22.4 Å². The van der Waals surface area contributed by atoms with Crippen LogP contribution in [0.5, 0.6) is 0 Å². The van der Waals surface area contributed by atoms with Crippen molar-refractivity contribution >= 4 is 17.6 Å². The minimum absolute atomic E-state index is 0.133. The third kappa shape index (κ3) is 1.43. The monoisotopic (exact) mass is 155 g/mol. The van der Waals surface area contributed by atoms with Crippen LogP contribution in [-0.2, 0) is 4.79 Å². The molecule has 0 fully saturated rings. The van der Waals surface area contributed by atoms with Crippen molar-refractivity contribution in [1.29, 1.82) is 0 Å². The number of carbonyl (C=O) groups is 1. The Balaban J connectivity index is 2.73. The summed E-state index contributed by atoms with van der Waals surface area (Å²) < 4.78 is 0. The summed E-state index contributed by atoms with van der Waals surface area (Å²) in [6.07, 6.45) is 0.905. The highest BCUT2D eigenvalue weighted by molar-refractivity contribution is 7.08. The molecule has 1 rings (SSSR count). The molecule has 0 aromatic carbocycles. The summed E-state index contributed by atoms with van der Waals surface area (Å²) >= 11 is 1.60. The van der Waals surface area contributed by atoms with E-state index in [0.717, 1.165) is 11.8 Å². The molecule has 54 valence electrons. The molecule has 3 heteroatoms. The van der Waals surface area contributed by atoms with Gasteiger partial charge in [0.1, 0.15) is 6.29 Å². The highest BCUT2D eigenvalue weighted by Gasteiger charge is 2.05. The molecule has 0 aliphatic carbocycles. The Morgan fingerprint density at radius 2 is 2.60 bits per heavy atom. The Morgan fingerprint density at radius 1 is 1.80 bits per heavy atom. The average Bonchev–Trinajstić information content (AvgIpc) is 2.43. The fourth-order valence-electron chi connectivity index (χ4n) is 0.765. The summed E-state index contributed by atoms with van der Waals surface area (Å²) in [5, 5.41) is 6.82. The molecule has 1 N–H and O–H groups in total. The molecule has 2 nitrogen and oxygen atoms in total. The van der Waals surface area contributed by atoms with Gasteiger partial charge in [-0.25, -0.2) is 0 Å². The van der Waals surface area contributed by atoms with Gasteiger partial charge >= 0.3 is 0 Å². The summed E-state index contributed by atoms with van der Waals surface area (Å²) in [6, 6.07) is 1.81. The van der Waals surface area contributed by atoms with Gasteiger partial charge in [-0.2, -0.15) is 11.3 Å². The van der Waals surface area contributed by atoms with Gasteiger partial charge in [-0.1, -0.05) is 0 Å². The van der Waals surface area contributed by atoms with Crippen molar-refractivity contribution < 1.29 is 4.79 Å². The van der Waals surface area contributed by atoms with Crippen LogP contribution in [0.15, 0.2) is 16.8 Å². The van der Waals surface area contributed by atoms with E-state index >= 15 is 0 Å². The molecule has 0 amide bonds. The number of nitrogens with one attached hydrogen (secondary N) is 1. The normalized spacial score (nSPS) is 12.9. The number of carbonyl (C=O) groups excluding carboxylic acids is 1. The maximum absolute atomic E-state index is 10.4.